The number of carbonyl (C=O) groups is 3. The van der Waals surface area contributed by atoms with Crippen LogP contribution in [0.15, 0.2) is 53.3 Å². The standard InChI is InChI=1S/C21H23N3O3.C2H2O4/c1-3-7-17(14-8-5-4-6-9-14)22-13-19-23-18-12-15(21(26)27-2)10-11-16(18)20(25)24-19;3-1(4)2(5)6/h4-6,8-12,17,22H,3,7,13H2,1-2H3,(H,23,24,25);(H,3,4)(H,5,6). The van der Waals surface area contributed by atoms with Gasteiger partial charge in [0.2, 0.25) is 0 Å². The van der Waals surface area contributed by atoms with Crippen LogP contribution in [0.4, 0.5) is 0 Å². The maximum Gasteiger partial charge on any atom is 0.414 e. The number of fused-ring (bicyclic) bond motifs is 1. The number of benzene rings is 2. The summed E-state index contributed by atoms with van der Waals surface area (Å²) in [5.41, 5.74) is 1.83. The van der Waals surface area contributed by atoms with Gasteiger partial charge < -0.3 is 25.3 Å². The number of nitrogens with zero attached hydrogens (tertiary/aromatic N) is 1. The van der Waals surface area contributed by atoms with E-state index in [1.165, 1.54) is 12.7 Å². The Morgan fingerprint density at radius 1 is 1.09 bits per heavy atom. The maximum atomic E-state index is 12.4. The van der Waals surface area contributed by atoms with Crippen molar-refractivity contribution in [3.05, 3.63) is 75.8 Å². The molecule has 0 saturated carbocycles. The van der Waals surface area contributed by atoms with Gasteiger partial charge in [0.05, 0.1) is 30.1 Å². The van der Waals surface area contributed by atoms with Crippen LogP contribution in [-0.4, -0.2) is 45.2 Å². The number of H-pyrrole nitrogens is 1. The van der Waals surface area contributed by atoms with E-state index in [-0.39, 0.29) is 11.6 Å². The Morgan fingerprint density at radius 2 is 1.76 bits per heavy atom. The molecule has 0 aliphatic rings. The molecule has 1 heterocycles. The van der Waals surface area contributed by atoms with E-state index in [9.17, 15) is 9.59 Å². The van der Waals surface area contributed by atoms with Crippen molar-refractivity contribution in [3.8, 4) is 0 Å². The first-order valence-corrected chi connectivity index (χ1v) is 10.1. The van der Waals surface area contributed by atoms with Crippen molar-refractivity contribution in [2.75, 3.05) is 7.11 Å². The number of carbonyl (C=O) groups excluding carboxylic acids is 1. The summed E-state index contributed by atoms with van der Waals surface area (Å²) < 4.78 is 4.74. The number of hydrogen-bond acceptors (Lipinski definition) is 7. The summed E-state index contributed by atoms with van der Waals surface area (Å²) in [6.45, 7) is 2.56. The van der Waals surface area contributed by atoms with E-state index < -0.39 is 17.9 Å². The molecule has 3 rings (SSSR count). The number of nitrogens with one attached hydrogen (secondary N) is 2. The van der Waals surface area contributed by atoms with E-state index in [1.807, 2.05) is 18.2 Å². The molecule has 3 aromatic rings. The summed E-state index contributed by atoms with van der Waals surface area (Å²) in [6, 6.07) is 15.1. The zero-order chi connectivity index (χ0) is 24.4. The predicted octanol–water partition coefficient (Wildman–Crippen LogP) is 2.50. The molecule has 33 heavy (non-hydrogen) atoms. The number of aromatic amines is 1. The predicted molar refractivity (Wildman–Crippen MR) is 120 cm³/mol. The third kappa shape index (κ3) is 7.25. The van der Waals surface area contributed by atoms with Crippen LogP contribution in [0.3, 0.4) is 0 Å². The smallest absolute Gasteiger partial charge is 0.414 e. The van der Waals surface area contributed by atoms with E-state index in [0.717, 1.165) is 12.8 Å². The molecule has 0 spiro atoms. The summed E-state index contributed by atoms with van der Waals surface area (Å²) in [5, 5.41) is 18.7. The van der Waals surface area contributed by atoms with E-state index >= 15 is 0 Å². The van der Waals surface area contributed by atoms with Gasteiger partial charge >= 0.3 is 17.9 Å². The maximum absolute atomic E-state index is 12.4. The van der Waals surface area contributed by atoms with Crippen LogP contribution in [-0.2, 0) is 20.9 Å². The average Bonchev–Trinajstić information content (AvgIpc) is 2.81. The second-order valence-electron chi connectivity index (χ2n) is 6.98. The highest BCUT2D eigenvalue weighted by Gasteiger charge is 2.13. The molecule has 0 fully saturated rings. The largest absolute Gasteiger partial charge is 0.473 e. The van der Waals surface area contributed by atoms with Crippen molar-refractivity contribution >= 4 is 28.8 Å². The van der Waals surface area contributed by atoms with Crippen molar-refractivity contribution in [2.45, 2.75) is 32.4 Å². The Labute approximate surface area is 189 Å². The minimum Gasteiger partial charge on any atom is -0.473 e. The number of carboxylic acids is 2. The summed E-state index contributed by atoms with van der Waals surface area (Å²) in [6.07, 6.45) is 2.02. The van der Waals surface area contributed by atoms with Crippen molar-refractivity contribution in [1.82, 2.24) is 15.3 Å². The van der Waals surface area contributed by atoms with Gasteiger partial charge in [0, 0.05) is 6.04 Å². The highest BCUT2D eigenvalue weighted by molar-refractivity contribution is 6.27. The van der Waals surface area contributed by atoms with Gasteiger partial charge in [-0.1, -0.05) is 43.7 Å². The summed E-state index contributed by atoms with van der Waals surface area (Å²) in [7, 11) is 1.32. The second kappa shape index (κ2) is 12.1. The Hall–Kier alpha value is -4.05. The number of aliphatic carboxylic acids is 2. The molecule has 0 saturated heterocycles. The summed E-state index contributed by atoms with van der Waals surface area (Å²) in [5.74, 6) is -3.57. The number of carboxylic acid groups (broad SMARTS) is 2. The second-order valence-corrected chi connectivity index (χ2v) is 6.98. The normalized spacial score (nSPS) is 11.2. The molecule has 1 aromatic heterocycles. The van der Waals surface area contributed by atoms with Crippen LogP contribution in [0.2, 0.25) is 0 Å². The van der Waals surface area contributed by atoms with Crippen molar-refractivity contribution in [2.24, 2.45) is 0 Å². The molecule has 10 nitrogen and oxygen atoms in total. The van der Waals surface area contributed by atoms with Gasteiger partial charge in [-0.3, -0.25) is 4.79 Å². The lowest BCUT2D eigenvalue weighted by Crippen LogP contribution is -2.24. The Kier molecular flexibility index (Phi) is 9.25. The minimum atomic E-state index is -1.82. The summed E-state index contributed by atoms with van der Waals surface area (Å²) in [4.78, 5) is 49.6. The van der Waals surface area contributed by atoms with Crippen molar-refractivity contribution in [3.63, 3.8) is 0 Å². The lowest BCUT2D eigenvalue weighted by atomic mass is 10.0. The van der Waals surface area contributed by atoms with Gasteiger partial charge in [0.15, 0.2) is 0 Å². The zero-order valence-corrected chi connectivity index (χ0v) is 18.2. The first kappa shape index (κ1) is 25.2. The van der Waals surface area contributed by atoms with Gasteiger partial charge in [0.1, 0.15) is 5.82 Å². The third-order valence-electron chi connectivity index (χ3n) is 4.65. The van der Waals surface area contributed by atoms with Gasteiger partial charge in [-0.25, -0.2) is 19.4 Å². The molecule has 0 aliphatic heterocycles. The first-order valence-electron chi connectivity index (χ1n) is 10.1. The van der Waals surface area contributed by atoms with Crippen LogP contribution in [0.25, 0.3) is 10.9 Å². The number of aromatic nitrogens is 2. The summed E-state index contributed by atoms with van der Waals surface area (Å²) >= 11 is 0. The molecule has 1 unspecified atom stereocenters. The molecule has 2 aromatic carbocycles. The number of rotatable bonds is 7. The van der Waals surface area contributed by atoms with Crippen molar-refractivity contribution < 1.29 is 29.3 Å². The molecule has 0 aliphatic carbocycles. The number of esters is 1. The van der Waals surface area contributed by atoms with Crippen molar-refractivity contribution in [1.29, 1.82) is 0 Å². The molecule has 4 N–H and O–H groups in total. The fraction of sp³-hybridized carbons (Fsp3) is 0.261. The lowest BCUT2D eigenvalue weighted by Gasteiger charge is -2.18. The van der Waals surface area contributed by atoms with Gasteiger partial charge in [-0.15, -0.1) is 0 Å². The Bertz CT molecular complexity index is 1160. The fourth-order valence-electron chi connectivity index (χ4n) is 3.10. The molecule has 174 valence electrons. The van der Waals surface area contributed by atoms with Crippen LogP contribution >= 0.6 is 0 Å². The van der Waals surface area contributed by atoms with Crippen LogP contribution in [0, 0.1) is 0 Å². The molecule has 10 heteroatoms. The fourth-order valence-corrected chi connectivity index (χ4v) is 3.10. The van der Waals surface area contributed by atoms with Gasteiger partial charge in [-0.2, -0.15) is 0 Å². The van der Waals surface area contributed by atoms with E-state index in [0.29, 0.717) is 28.8 Å². The Balaban J connectivity index is 0.000000569. The topological polar surface area (TPSA) is 159 Å². The number of ether oxygens (including phenoxy) is 1. The molecular formula is C23H25N3O7. The highest BCUT2D eigenvalue weighted by atomic mass is 16.5. The van der Waals surface area contributed by atoms with Crippen LogP contribution < -0.4 is 10.9 Å². The monoisotopic (exact) mass is 455 g/mol. The number of hydrogen-bond donors (Lipinski definition) is 4. The number of methoxy groups -OCH3 is 1. The van der Waals surface area contributed by atoms with Gasteiger partial charge in [0.25, 0.3) is 5.56 Å². The minimum absolute atomic E-state index is 0.179. The lowest BCUT2D eigenvalue weighted by molar-refractivity contribution is -0.159. The van der Waals surface area contributed by atoms with Gasteiger partial charge in [-0.05, 0) is 30.2 Å². The molecular weight excluding hydrogens is 430 g/mol. The molecule has 0 bridgehead atoms. The first-order chi connectivity index (χ1) is 15.8. The van der Waals surface area contributed by atoms with E-state index in [1.54, 1.807) is 18.2 Å². The molecule has 0 radical (unpaired) electrons. The van der Waals surface area contributed by atoms with E-state index in [4.69, 9.17) is 24.5 Å². The van der Waals surface area contributed by atoms with E-state index in [2.05, 4.69) is 34.3 Å². The van der Waals surface area contributed by atoms with Crippen LogP contribution in [0.1, 0.15) is 47.6 Å². The zero-order valence-electron chi connectivity index (χ0n) is 18.2. The van der Waals surface area contributed by atoms with Crippen LogP contribution in [0.5, 0.6) is 0 Å². The average molecular weight is 455 g/mol. The Morgan fingerprint density at radius 3 is 2.33 bits per heavy atom. The SMILES string of the molecule is CCCC(NCc1nc2cc(C(=O)OC)ccc2c(=O)[nH]1)c1ccccc1.O=C(O)C(=O)O. The third-order valence-corrected chi connectivity index (χ3v) is 4.65. The highest BCUT2D eigenvalue weighted by Crippen LogP contribution is 2.18. The quantitative estimate of drug-likeness (QED) is 0.310. The molecule has 0 amide bonds. The molecule has 1 atom stereocenters.